The summed E-state index contributed by atoms with van der Waals surface area (Å²) in [7, 11) is 1.81. The van der Waals surface area contributed by atoms with E-state index >= 15 is 0 Å². The number of hydrogen-bond acceptors (Lipinski definition) is 4. The molecular weight excluding hydrogens is 292 g/mol. The van der Waals surface area contributed by atoms with E-state index < -0.39 is 0 Å². The third-order valence-corrected chi connectivity index (χ3v) is 3.47. The lowest BCUT2D eigenvalue weighted by Crippen LogP contribution is -2.02. The molecule has 0 aliphatic rings. The van der Waals surface area contributed by atoms with Crippen molar-refractivity contribution in [1.82, 2.24) is 9.97 Å². The highest BCUT2D eigenvalue weighted by atomic mass is 79.9. The minimum atomic E-state index is 0.616. The van der Waals surface area contributed by atoms with Gasteiger partial charge in [-0.2, -0.15) is 4.98 Å². The predicted molar refractivity (Wildman–Crippen MR) is 78.5 cm³/mol. The van der Waals surface area contributed by atoms with Gasteiger partial charge in [0.15, 0.2) is 0 Å². The summed E-state index contributed by atoms with van der Waals surface area (Å²) in [6.07, 6.45) is 0. The molecule has 2 aromatic rings. The monoisotopic (exact) mass is 306 g/mol. The Labute approximate surface area is 115 Å². The maximum Gasteiger partial charge on any atom is 0.224 e. The molecule has 1 heterocycles. The smallest absolute Gasteiger partial charge is 0.224 e. The standard InChI is InChI=1S/C13H15BrN4/c1-8-7-12(18-13(15-3)16-8)17-11-6-4-5-10(14)9(11)2/h4-7H,1-3H3,(H2,15,16,17,18). The van der Waals surface area contributed by atoms with Crippen LogP contribution in [0.5, 0.6) is 0 Å². The fourth-order valence-corrected chi connectivity index (χ4v) is 1.99. The first-order valence-corrected chi connectivity index (χ1v) is 6.45. The average Bonchev–Trinajstić information content (AvgIpc) is 2.34. The first-order chi connectivity index (χ1) is 8.60. The molecule has 4 nitrogen and oxygen atoms in total. The van der Waals surface area contributed by atoms with Gasteiger partial charge < -0.3 is 10.6 Å². The minimum absolute atomic E-state index is 0.616. The molecule has 0 spiro atoms. The molecule has 0 saturated heterocycles. The molecule has 0 radical (unpaired) electrons. The fraction of sp³-hybridized carbons (Fsp3) is 0.231. The van der Waals surface area contributed by atoms with Crippen molar-refractivity contribution >= 4 is 33.4 Å². The van der Waals surface area contributed by atoms with Gasteiger partial charge in [-0.05, 0) is 31.5 Å². The predicted octanol–water partition coefficient (Wildman–Crippen LogP) is 3.64. The zero-order valence-corrected chi connectivity index (χ0v) is 12.2. The van der Waals surface area contributed by atoms with E-state index in [2.05, 4.69) is 43.5 Å². The number of nitrogens with one attached hydrogen (secondary N) is 2. The number of aryl methyl sites for hydroxylation is 1. The number of benzene rings is 1. The molecule has 0 bridgehead atoms. The second kappa shape index (κ2) is 5.35. The van der Waals surface area contributed by atoms with Crippen LogP contribution in [0.3, 0.4) is 0 Å². The van der Waals surface area contributed by atoms with E-state index in [4.69, 9.17) is 0 Å². The number of rotatable bonds is 3. The van der Waals surface area contributed by atoms with Crippen LogP contribution in [0.1, 0.15) is 11.3 Å². The summed E-state index contributed by atoms with van der Waals surface area (Å²) in [4.78, 5) is 8.63. The SMILES string of the molecule is CNc1nc(C)cc(Nc2cccc(Br)c2C)n1. The summed E-state index contributed by atoms with van der Waals surface area (Å²) in [5.74, 6) is 1.40. The number of anilines is 3. The Bertz CT molecular complexity index is 569. The van der Waals surface area contributed by atoms with Gasteiger partial charge in [0.2, 0.25) is 5.95 Å². The summed E-state index contributed by atoms with van der Waals surface area (Å²) in [6, 6.07) is 7.95. The van der Waals surface area contributed by atoms with Crippen molar-refractivity contribution in [2.24, 2.45) is 0 Å². The molecule has 2 rings (SSSR count). The molecule has 0 saturated carbocycles. The van der Waals surface area contributed by atoms with Gasteiger partial charge >= 0.3 is 0 Å². The van der Waals surface area contributed by atoms with Crippen molar-refractivity contribution in [3.63, 3.8) is 0 Å². The molecule has 0 unspecified atom stereocenters. The zero-order valence-electron chi connectivity index (χ0n) is 10.6. The molecule has 5 heteroatoms. The Kier molecular flexibility index (Phi) is 3.81. The first-order valence-electron chi connectivity index (χ1n) is 5.65. The van der Waals surface area contributed by atoms with E-state index in [1.165, 1.54) is 0 Å². The first kappa shape index (κ1) is 12.8. The van der Waals surface area contributed by atoms with Crippen LogP contribution < -0.4 is 10.6 Å². The van der Waals surface area contributed by atoms with Gasteiger partial charge in [-0.1, -0.05) is 22.0 Å². The second-order valence-corrected chi connectivity index (χ2v) is 4.86. The van der Waals surface area contributed by atoms with Gasteiger partial charge in [-0.15, -0.1) is 0 Å². The van der Waals surface area contributed by atoms with E-state index in [9.17, 15) is 0 Å². The molecular formula is C13H15BrN4. The lowest BCUT2D eigenvalue weighted by molar-refractivity contribution is 1.10. The number of halogens is 1. The Morgan fingerprint density at radius 2 is 1.94 bits per heavy atom. The maximum atomic E-state index is 4.37. The van der Waals surface area contributed by atoms with Gasteiger partial charge in [-0.3, -0.25) is 0 Å². The Morgan fingerprint density at radius 3 is 2.67 bits per heavy atom. The summed E-state index contributed by atoms with van der Waals surface area (Å²) < 4.78 is 1.08. The normalized spacial score (nSPS) is 10.2. The largest absolute Gasteiger partial charge is 0.357 e. The van der Waals surface area contributed by atoms with Gasteiger partial charge in [0.1, 0.15) is 5.82 Å². The molecule has 2 N–H and O–H groups in total. The van der Waals surface area contributed by atoms with Crippen LogP contribution in [0.4, 0.5) is 17.5 Å². The van der Waals surface area contributed by atoms with Crippen LogP contribution in [0, 0.1) is 13.8 Å². The van der Waals surface area contributed by atoms with Gasteiger partial charge in [0.25, 0.3) is 0 Å². The summed E-state index contributed by atoms with van der Waals surface area (Å²) in [6.45, 7) is 4.00. The molecule has 94 valence electrons. The van der Waals surface area contributed by atoms with E-state index in [1.54, 1.807) is 0 Å². The lowest BCUT2D eigenvalue weighted by Gasteiger charge is -2.11. The highest BCUT2D eigenvalue weighted by molar-refractivity contribution is 9.10. The molecule has 0 amide bonds. The van der Waals surface area contributed by atoms with Crippen molar-refractivity contribution in [2.75, 3.05) is 17.7 Å². The molecule has 1 aromatic heterocycles. The average molecular weight is 307 g/mol. The zero-order chi connectivity index (χ0) is 13.1. The quantitative estimate of drug-likeness (QED) is 0.909. The van der Waals surface area contributed by atoms with E-state index in [1.807, 2.05) is 38.2 Å². The summed E-state index contributed by atoms with van der Waals surface area (Å²) in [5, 5.41) is 6.26. The van der Waals surface area contributed by atoms with E-state index in [0.29, 0.717) is 5.95 Å². The van der Waals surface area contributed by atoms with Crippen molar-refractivity contribution in [2.45, 2.75) is 13.8 Å². The summed E-state index contributed by atoms with van der Waals surface area (Å²) >= 11 is 3.52. The molecule has 0 atom stereocenters. The minimum Gasteiger partial charge on any atom is -0.357 e. The van der Waals surface area contributed by atoms with Crippen molar-refractivity contribution in [3.8, 4) is 0 Å². The van der Waals surface area contributed by atoms with Crippen molar-refractivity contribution < 1.29 is 0 Å². The van der Waals surface area contributed by atoms with Crippen LogP contribution in [0.2, 0.25) is 0 Å². The van der Waals surface area contributed by atoms with Crippen LogP contribution >= 0.6 is 15.9 Å². The Balaban J connectivity index is 2.34. The third kappa shape index (κ3) is 2.79. The van der Waals surface area contributed by atoms with Crippen molar-refractivity contribution in [1.29, 1.82) is 0 Å². The molecule has 0 fully saturated rings. The van der Waals surface area contributed by atoms with Gasteiger partial charge in [-0.25, -0.2) is 4.98 Å². The van der Waals surface area contributed by atoms with Crippen LogP contribution in [-0.2, 0) is 0 Å². The van der Waals surface area contributed by atoms with Crippen LogP contribution in [-0.4, -0.2) is 17.0 Å². The van der Waals surface area contributed by atoms with Crippen LogP contribution in [0.15, 0.2) is 28.7 Å². The third-order valence-electron chi connectivity index (χ3n) is 2.61. The molecule has 0 aliphatic carbocycles. The number of aromatic nitrogens is 2. The lowest BCUT2D eigenvalue weighted by atomic mass is 10.2. The molecule has 1 aromatic carbocycles. The molecule has 18 heavy (non-hydrogen) atoms. The number of nitrogens with zero attached hydrogens (tertiary/aromatic N) is 2. The van der Waals surface area contributed by atoms with E-state index in [-0.39, 0.29) is 0 Å². The second-order valence-electron chi connectivity index (χ2n) is 4.01. The van der Waals surface area contributed by atoms with Gasteiger partial charge in [0, 0.05) is 29.0 Å². The Hall–Kier alpha value is -1.62. The van der Waals surface area contributed by atoms with Crippen LogP contribution in [0.25, 0.3) is 0 Å². The molecule has 0 aliphatic heterocycles. The Morgan fingerprint density at radius 1 is 1.17 bits per heavy atom. The highest BCUT2D eigenvalue weighted by Crippen LogP contribution is 2.26. The number of hydrogen-bond donors (Lipinski definition) is 2. The summed E-state index contributed by atoms with van der Waals surface area (Å²) in [5.41, 5.74) is 3.11. The maximum absolute atomic E-state index is 4.37. The topological polar surface area (TPSA) is 49.8 Å². The highest BCUT2D eigenvalue weighted by Gasteiger charge is 2.05. The van der Waals surface area contributed by atoms with Crippen molar-refractivity contribution in [3.05, 3.63) is 40.0 Å². The van der Waals surface area contributed by atoms with E-state index in [0.717, 1.165) is 27.2 Å². The van der Waals surface area contributed by atoms with Gasteiger partial charge in [0.05, 0.1) is 0 Å². The fourth-order valence-electron chi connectivity index (χ4n) is 1.63.